The first-order valence-electron chi connectivity index (χ1n) is 7.16. The molecule has 0 saturated heterocycles. The largest absolute Gasteiger partial charge is 0.380 e. The standard InChI is InChI=1S/C18H21NO2S/c1-2-21-13-12-19-14-18(22)7-5-3-4-6-16-8-10-17(15-20)11-9-16/h3,5,7-11,15,19,22H,2,12-14H2,1H3/b5-3+,18-7-. The maximum absolute atomic E-state index is 10.5. The lowest BCUT2D eigenvalue weighted by atomic mass is 10.1. The molecule has 1 aromatic rings. The van der Waals surface area contributed by atoms with Crippen molar-refractivity contribution in [1.29, 1.82) is 0 Å². The number of nitrogens with one attached hydrogen (secondary N) is 1. The predicted molar refractivity (Wildman–Crippen MR) is 94.3 cm³/mol. The lowest BCUT2D eigenvalue weighted by Gasteiger charge is -2.03. The Morgan fingerprint density at radius 2 is 2.14 bits per heavy atom. The molecule has 1 N–H and O–H groups in total. The average molecular weight is 315 g/mol. The number of rotatable bonds is 8. The second kappa shape index (κ2) is 11.8. The quantitative estimate of drug-likeness (QED) is 0.255. The summed E-state index contributed by atoms with van der Waals surface area (Å²) in [4.78, 5) is 11.5. The molecular formula is C18H21NO2S. The summed E-state index contributed by atoms with van der Waals surface area (Å²) in [6, 6.07) is 7.15. The summed E-state index contributed by atoms with van der Waals surface area (Å²) < 4.78 is 5.23. The van der Waals surface area contributed by atoms with Gasteiger partial charge in [-0.05, 0) is 30.0 Å². The zero-order valence-corrected chi connectivity index (χ0v) is 13.6. The minimum atomic E-state index is 0.653. The SMILES string of the molecule is CCOCCNC/C(S)=C/C=C/C#Cc1ccc(C=O)cc1. The summed E-state index contributed by atoms with van der Waals surface area (Å²) in [5.74, 6) is 5.94. The molecule has 0 aliphatic rings. The highest BCUT2D eigenvalue weighted by Crippen LogP contribution is 2.01. The van der Waals surface area contributed by atoms with Crippen LogP contribution in [0.5, 0.6) is 0 Å². The summed E-state index contributed by atoms with van der Waals surface area (Å²) in [6.45, 7) is 4.95. The van der Waals surface area contributed by atoms with Gasteiger partial charge >= 0.3 is 0 Å². The molecule has 1 rings (SSSR count). The Kier molecular flexibility index (Phi) is 9.80. The van der Waals surface area contributed by atoms with Crippen molar-refractivity contribution >= 4 is 18.9 Å². The van der Waals surface area contributed by atoms with Gasteiger partial charge in [0.15, 0.2) is 0 Å². The molecule has 0 aliphatic carbocycles. The van der Waals surface area contributed by atoms with E-state index in [1.807, 2.05) is 31.2 Å². The van der Waals surface area contributed by atoms with Crippen LogP contribution in [0.2, 0.25) is 0 Å². The van der Waals surface area contributed by atoms with Crippen LogP contribution in [0.1, 0.15) is 22.8 Å². The highest BCUT2D eigenvalue weighted by molar-refractivity contribution is 7.84. The van der Waals surface area contributed by atoms with Gasteiger partial charge in [-0.3, -0.25) is 4.79 Å². The Hall–Kier alpha value is -1.80. The van der Waals surface area contributed by atoms with Gasteiger partial charge in [0.05, 0.1) is 6.61 Å². The van der Waals surface area contributed by atoms with E-state index in [1.165, 1.54) is 0 Å². The first kappa shape index (κ1) is 18.2. The summed E-state index contributed by atoms with van der Waals surface area (Å²) in [5, 5.41) is 3.23. The van der Waals surface area contributed by atoms with E-state index in [-0.39, 0.29) is 0 Å². The lowest BCUT2D eigenvalue weighted by molar-refractivity contribution is 0.112. The highest BCUT2D eigenvalue weighted by Gasteiger charge is 1.90. The molecule has 0 amide bonds. The molecule has 0 aliphatic heterocycles. The normalized spacial score (nSPS) is 11.3. The van der Waals surface area contributed by atoms with Crippen molar-refractivity contribution in [1.82, 2.24) is 5.32 Å². The Morgan fingerprint density at radius 1 is 1.36 bits per heavy atom. The number of thiol groups is 1. The van der Waals surface area contributed by atoms with Crippen molar-refractivity contribution < 1.29 is 9.53 Å². The Balaban J connectivity index is 2.33. The van der Waals surface area contributed by atoms with Crippen LogP contribution in [0, 0.1) is 11.8 Å². The molecule has 1 aromatic carbocycles. The number of ether oxygens (including phenoxy) is 1. The number of carbonyl (C=O) groups is 1. The predicted octanol–water partition coefficient (Wildman–Crippen LogP) is 2.85. The second-order valence-corrected chi connectivity index (χ2v) is 4.97. The molecule has 0 radical (unpaired) electrons. The molecule has 3 nitrogen and oxygen atoms in total. The Morgan fingerprint density at radius 3 is 2.82 bits per heavy atom. The van der Waals surface area contributed by atoms with Crippen molar-refractivity contribution in [3.8, 4) is 11.8 Å². The molecule has 0 heterocycles. The van der Waals surface area contributed by atoms with Gasteiger partial charge in [-0.2, -0.15) is 0 Å². The Labute approximate surface area is 137 Å². The van der Waals surface area contributed by atoms with E-state index in [2.05, 4.69) is 29.8 Å². The lowest BCUT2D eigenvalue weighted by Crippen LogP contribution is -2.21. The topological polar surface area (TPSA) is 38.3 Å². The molecule has 0 atom stereocenters. The number of benzene rings is 1. The smallest absolute Gasteiger partial charge is 0.150 e. The van der Waals surface area contributed by atoms with E-state index < -0.39 is 0 Å². The third-order valence-corrected chi connectivity index (χ3v) is 2.97. The van der Waals surface area contributed by atoms with Gasteiger partial charge < -0.3 is 10.1 Å². The minimum Gasteiger partial charge on any atom is -0.380 e. The second-order valence-electron chi connectivity index (χ2n) is 4.40. The molecule has 0 saturated carbocycles. The third kappa shape index (κ3) is 8.48. The molecular weight excluding hydrogens is 294 g/mol. The minimum absolute atomic E-state index is 0.653. The number of hydrogen-bond donors (Lipinski definition) is 2. The molecule has 0 bridgehead atoms. The van der Waals surface area contributed by atoms with Gasteiger partial charge in [0.1, 0.15) is 6.29 Å². The maximum Gasteiger partial charge on any atom is 0.150 e. The van der Waals surface area contributed by atoms with E-state index in [4.69, 9.17) is 4.74 Å². The van der Waals surface area contributed by atoms with Crippen LogP contribution in [0.25, 0.3) is 0 Å². The van der Waals surface area contributed by atoms with E-state index >= 15 is 0 Å². The third-order valence-electron chi connectivity index (χ3n) is 2.66. The van der Waals surface area contributed by atoms with E-state index in [0.717, 1.165) is 29.9 Å². The first-order valence-corrected chi connectivity index (χ1v) is 7.61. The monoisotopic (exact) mass is 315 g/mol. The van der Waals surface area contributed by atoms with Crippen LogP contribution in [-0.4, -0.2) is 32.6 Å². The summed E-state index contributed by atoms with van der Waals surface area (Å²) >= 11 is 4.37. The molecule has 0 fully saturated rings. The van der Waals surface area contributed by atoms with Crippen molar-refractivity contribution in [2.24, 2.45) is 0 Å². The van der Waals surface area contributed by atoms with Crippen LogP contribution >= 0.6 is 12.6 Å². The van der Waals surface area contributed by atoms with Crippen molar-refractivity contribution in [2.75, 3.05) is 26.3 Å². The van der Waals surface area contributed by atoms with Crippen LogP contribution in [-0.2, 0) is 4.74 Å². The number of allylic oxidation sites excluding steroid dienone is 3. The molecule has 4 heteroatoms. The number of aldehydes is 1. The fraction of sp³-hybridized carbons (Fsp3) is 0.278. The van der Waals surface area contributed by atoms with Crippen molar-refractivity contribution in [2.45, 2.75) is 6.92 Å². The molecule has 116 valence electrons. The Bertz CT molecular complexity index is 565. The summed E-state index contributed by atoms with van der Waals surface area (Å²) in [7, 11) is 0. The van der Waals surface area contributed by atoms with Crippen molar-refractivity contribution in [3.63, 3.8) is 0 Å². The average Bonchev–Trinajstić information content (AvgIpc) is 2.55. The van der Waals surface area contributed by atoms with Gasteiger partial charge in [-0.1, -0.05) is 36.1 Å². The van der Waals surface area contributed by atoms with Gasteiger partial charge in [0, 0.05) is 30.8 Å². The van der Waals surface area contributed by atoms with E-state index in [9.17, 15) is 4.79 Å². The van der Waals surface area contributed by atoms with Gasteiger partial charge in [0.2, 0.25) is 0 Å². The maximum atomic E-state index is 10.5. The summed E-state index contributed by atoms with van der Waals surface area (Å²) in [5.41, 5.74) is 1.53. The number of carbonyl (C=O) groups excluding carboxylic acids is 1. The van der Waals surface area contributed by atoms with Gasteiger partial charge in [-0.25, -0.2) is 0 Å². The zero-order valence-electron chi connectivity index (χ0n) is 12.7. The zero-order chi connectivity index (χ0) is 16.0. The van der Waals surface area contributed by atoms with E-state index in [1.54, 1.807) is 18.2 Å². The molecule has 22 heavy (non-hydrogen) atoms. The van der Waals surface area contributed by atoms with Gasteiger partial charge in [-0.15, -0.1) is 12.6 Å². The fourth-order valence-electron chi connectivity index (χ4n) is 1.54. The van der Waals surface area contributed by atoms with Crippen LogP contribution in [0.4, 0.5) is 0 Å². The van der Waals surface area contributed by atoms with Crippen molar-refractivity contribution in [3.05, 3.63) is 58.5 Å². The number of hydrogen-bond acceptors (Lipinski definition) is 4. The van der Waals surface area contributed by atoms with Crippen LogP contribution < -0.4 is 5.32 Å². The molecule has 0 unspecified atom stereocenters. The van der Waals surface area contributed by atoms with Crippen LogP contribution in [0.3, 0.4) is 0 Å². The van der Waals surface area contributed by atoms with Gasteiger partial charge in [0.25, 0.3) is 0 Å². The van der Waals surface area contributed by atoms with E-state index in [0.29, 0.717) is 18.7 Å². The molecule has 0 spiro atoms. The first-order chi connectivity index (χ1) is 10.8. The van der Waals surface area contributed by atoms with Crippen LogP contribution in [0.15, 0.2) is 47.4 Å². The highest BCUT2D eigenvalue weighted by atomic mass is 32.1. The molecule has 0 aromatic heterocycles. The summed E-state index contributed by atoms with van der Waals surface area (Å²) in [6.07, 6.45) is 6.35. The fourth-order valence-corrected chi connectivity index (χ4v) is 1.74.